The lowest BCUT2D eigenvalue weighted by molar-refractivity contribution is -0.121. The van der Waals surface area contributed by atoms with Gasteiger partial charge in [0.1, 0.15) is 0 Å². The van der Waals surface area contributed by atoms with Crippen molar-refractivity contribution in [3.63, 3.8) is 0 Å². The summed E-state index contributed by atoms with van der Waals surface area (Å²) in [6.07, 6.45) is 5.70. The van der Waals surface area contributed by atoms with Crippen LogP contribution in [0.15, 0.2) is 51.9 Å². The van der Waals surface area contributed by atoms with E-state index in [1.54, 1.807) is 22.9 Å². The number of benzene rings is 1. The van der Waals surface area contributed by atoms with Crippen LogP contribution in [0.25, 0.3) is 0 Å². The van der Waals surface area contributed by atoms with E-state index in [9.17, 15) is 9.59 Å². The van der Waals surface area contributed by atoms with Crippen LogP contribution in [0.1, 0.15) is 31.2 Å². The molecule has 0 aliphatic carbocycles. The van der Waals surface area contributed by atoms with Crippen molar-refractivity contribution in [2.75, 3.05) is 6.54 Å². The Labute approximate surface area is 161 Å². The van der Waals surface area contributed by atoms with Gasteiger partial charge in [-0.2, -0.15) is 0 Å². The normalized spacial score (nSPS) is 10.6. The summed E-state index contributed by atoms with van der Waals surface area (Å²) in [6.45, 7) is 1.30. The number of nitrogens with zero attached hydrogens (tertiary/aromatic N) is 1. The molecule has 0 aliphatic rings. The van der Waals surface area contributed by atoms with Gasteiger partial charge in [-0.25, -0.2) is 0 Å². The molecule has 2 aromatic rings. The molecule has 4 nitrogen and oxygen atoms in total. The standard InChI is InChI=1S/C19H22BrClN2O2/c20-16-8-11-19(25)23(14-16)13-2-1-12-22-18(24)5-3-4-15-6-9-17(21)10-7-15/h6-11,14H,1-5,12-13H2,(H,22,24). The lowest BCUT2D eigenvalue weighted by atomic mass is 10.1. The minimum Gasteiger partial charge on any atom is -0.356 e. The van der Waals surface area contributed by atoms with Crippen LogP contribution in [0, 0.1) is 0 Å². The van der Waals surface area contributed by atoms with E-state index in [-0.39, 0.29) is 11.5 Å². The summed E-state index contributed by atoms with van der Waals surface area (Å²) in [5.74, 6) is 0.0774. The summed E-state index contributed by atoms with van der Waals surface area (Å²) >= 11 is 9.21. The van der Waals surface area contributed by atoms with E-state index in [1.807, 2.05) is 24.3 Å². The van der Waals surface area contributed by atoms with E-state index >= 15 is 0 Å². The molecule has 0 fully saturated rings. The lowest BCUT2D eigenvalue weighted by Gasteiger charge is -2.07. The summed E-state index contributed by atoms with van der Waals surface area (Å²) in [7, 11) is 0. The first-order chi connectivity index (χ1) is 12.0. The van der Waals surface area contributed by atoms with Crippen LogP contribution in [0.2, 0.25) is 5.02 Å². The Hall–Kier alpha value is -1.59. The zero-order valence-corrected chi connectivity index (χ0v) is 16.4. The number of carbonyl (C=O) groups excluding carboxylic acids is 1. The Morgan fingerprint density at radius 3 is 2.60 bits per heavy atom. The fourth-order valence-corrected chi connectivity index (χ4v) is 3.01. The molecule has 1 aromatic carbocycles. The fraction of sp³-hybridized carbons (Fsp3) is 0.368. The maximum atomic E-state index is 11.8. The molecule has 6 heteroatoms. The Morgan fingerprint density at radius 2 is 1.84 bits per heavy atom. The first kappa shape index (κ1) is 19.7. The van der Waals surface area contributed by atoms with E-state index in [2.05, 4.69) is 21.2 Å². The van der Waals surface area contributed by atoms with E-state index in [0.717, 1.165) is 35.2 Å². The van der Waals surface area contributed by atoms with E-state index in [1.165, 1.54) is 5.56 Å². The maximum absolute atomic E-state index is 11.8. The molecule has 1 aromatic heterocycles. The second kappa shape index (κ2) is 10.4. The summed E-state index contributed by atoms with van der Waals surface area (Å²) < 4.78 is 2.57. The Bertz CT molecular complexity index is 744. The van der Waals surface area contributed by atoms with Gasteiger partial charge >= 0.3 is 0 Å². The largest absolute Gasteiger partial charge is 0.356 e. The fourth-order valence-electron chi connectivity index (χ4n) is 2.50. The lowest BCUT2D eigenvalue weighted by Crippen LogP contribution is -2.25. The van der Waals surface area contributed by atoms with E-state index < -0.39 is 0 Å². The third-order valence-corrected chi connectivity index (χ3v) is 4.60. The Kier molecular flexibility index (Phi) is 8.22. The highest BCUT2D eigenvalue weighted by Crippen LogP contribution is 2.11. The van der Waals surface area contributed by atoms with Crippen LogP contribution >= 0.6 is 27.5 Å². The molecule has 0 saturated heterocycles. The molecule has 1 heterocycles. The van der Waals surface area contributed by atoms with Crippen LogP contribution in [-0.4, -0.2) is 17.0 Å². The molecular formula is C19H22BrClN2O2. The molecular weight excluding hydrogens is 404 g/mol. The first-order valence-electron chi connectivity index (χ1n) is 8.42. The molecule has 2 rings (SSSR count). The summed E-state index contributed by atoms with van der Waals surface area (Å²) in [4.78, 5) is 23.5. The van der Waals surface area contributed by atoms with Gasteiger partial charge in [-0.15, -0.1) is 0 Å². The predicted molar refractivity (Wildman–Crippen MR) is 105 cm³/mol. The van der Waals surface area contributed by atoms with Crippen molar-refractivity contribution < 1.29 is 4.79 Å². The number of hydrogen-bond donors (Lipinski definition) is 1. The molecule has 1 N–H and O–H groups in total. The smallest absolute Gasteiger partial charge is 0.250 e. The second-order valence-electron chi connectivity index (χ2n) is 5.92. The summed E-state index contributed by atoms with van der Waals surface area (Å²) in [6, 6.07) is 11.0. The molecule has 0 radical (unpaired) electrons. The van der Waals surface area contributed by atoms with Gasteiger partial charge < -0.3 is 9.88 Å². The van der Waals surface area contributed by atoms with E-state index in [4.69, 9.17) is 11.6 Å². The van der Waals surface area contributed by atoms with Gasteiger partial charge in [0.25, 0.3) is 5.56 Å². The molecule has 0 saturated carbocycles. The number of amides is 1. The molecule has 0 atom stereocenters. The molecule has 1 amide bonds. The number of nitrogens with one attached hydrogen (secondary N) is 1. The number of aryl methyl sites for hydroxylation is 2. The van der Waals surface area contributed by atoms with Crippen molar-refractivity contribution in [1.82, 2.24) is 9.88 Å². The highest BCUT2D eigenvalue weighted by Gasteiger charge is 2.02. The predicted octanol–water partition coefficient (Wildman–Crippen LogP) is 4.18. The van der Waals surface area contributed by atoms with Crippen molar-refractivity contribution in [3.05, 3.63) is 68.0 Å². The molecule has 0 spiro atoms. The zero-order chi connectivity index (χ0) is 18.1. The Balaban J connectivity index is 1.57. The highest BCUT2D eigenvalue weighted by molar-refractivity contribution is 9.10. The SMILES string of the molecule is O=C(CCCc1ccc(Cl)cc1)NCCCCn1cc(Br)ccc1=O. The number of halogens is 2. The van der Waals surface area contributed by atoms with E-state index in [0.29, 0.717) is 19.5 Å². The molecule has 134 valence electrons. The number of pyridine rings is 1. The number of rotatable bonds is 9. The van der Waals surface area contributed by atoms with Crippen LogP contribution in [0.4, 0.5) is 0 Å². The zero-order valence-electron chi connectivity index (χ0n) is 14.0. The molecule has 25 heavy (non-hydrogen) atoms. The topological polar surface area (TPSA) is 51.1 Å². The van der Waals surface area contributed by atoms with Gasteiger partial charge in [-0.3, -0.25) is 9.59 Å². The third kappa shape index (κ3) is 7.45. The van der Waals surface area contributed by atoms with Crippen molar-refractivity contribution in [1.29, 1.82) is 0 Å². The molecule has 0 aliphatic heterocycles. The van der Waals surface area contributed by atoms with Crippen molar-refractivity contribution in [2.45, 2.75) is 38.6 Å². The number of aromatic nitrogens is 1. The monoisotopic (exact) mass is 424 g/mol. The third-order valence-electron chi connectivity index (χ3n) is 3.88. The maximum Gasteiger partial charge on any atom is 0.250 e. The van der Waals surface area contributed by atoms with Gasteiger partial charge in [0.2, 0.25) is 5.91 Å². The van der Waals surface area contributed by atoms with Crippen molar-refractivity contribution in [3.8, 4) is 0 Å². The van der Waals surface area contributed by atoms with Gasteiger partial charge in [-0.05, 0) is 65.4 Å². The second-order valence-corrected chi connectivity index (χ2v) is 7.27. The van der Waals surface area contributed by atoms with Gasteiger partial charge in [0.15, 0.2) is 0 Å². The quantitative estimate of drug-likeness (QED) is 0.613. The van der Waals surface area contributed by atoms with Gasteiger partial charge in [0, 0.05) is 41.3 Å². The van der Waals surface area contributed by atoms with Crippen LogP contribution in [0.3, 0.4) is 0 Å². The number of carbonyl (C=O) groups is 1. The summed E-state index contributed by atoms with van der Waals surface area (Å²) in [5.41, 5.74) is 1.19. The Morgan fingerprint density at radius 1 is 1.08 bits per heavy atom. The number of hydrogen-bond acceptors (Lipinski definition) is 2. The number of unbranched alkanes of at least 4 members (excludes halogenated alkanes) is 1. The van der Waals surface area contributed by atoms with Crippen LogP contribution < -0.4 is 10.9 Å². The van der Waals surface area contributed by atoms with Crippen molar-refractivity contribution in [2.24, 2.45) is 0 Å². The van der Waals surface area contributed by atoms with Crippen LogP contribution in [-0.2, 0) is 17.8 Å². The minimum atomic E-state index is -0.00515. The molecule has 0 unspecified atom stereocenters. The van der Waals surface area contributed by atoms with Crippen molar-refractivity contribution >= 4 is 33.4 Å². The first-order valence-corrected chi connectivity index (χ1v) is 9.59. The van der Waals surface area contributed by atoms with Gasteiger partial charge in [-0.1, -0.05) is 23.7 Å². The van der Waals surface area contributed by atoms with Crippen LogP contribution in [0.5, 0.6) is 0 Å². The van der Waals surface area contributed by atoms with Gasteiger partial charge in [0.05, 0.1) is 0 Å². The highest BCUT2D eigenvalue weighted by atomic mass is 79.9. The average Bonchev–Trinajstić information content (AvgIpc) is 2.59. The average molecular weight is 426 g/mol. The molecule has 0 bridgehead atoms. The minimum absolute atomic E-state index is 0.00515. The summed E-state index contributed by atoms with van der Waals surface area (Å²) in [5, 5.41) is 3.66.